The molecule has 3 aliphatic heterocycles. The molecule has 0 N–H and O–H groups in total. The molecule has 1 fully saturated rings. The molecule has 0 saturated carbocycles. The number of hydrogen-bond donors (Lipinski definition) is 0. The van der Waals surface area contributed by atoms with Gasteiger partial charge in [0, 0.05) is 25.3 Å². The average Bonchev–Trinajstić information content (AvgIpc) is 3.44. The van der Waals surface area contributed by atoms with E-state index < -0.39 is 10.0 Å². The molecule has 3 heterocycles. The van der Waals surface area contributed by atoms with Crippen molar-refractivity contribution in [3.05, 3.63) is 47.5 Å². The van der Waals surface area contributed by atoms with E-state index in [1.807, 2.05) is 0 Å². The largest absolute Gasteiger partial charge is 0.454 e. The first-order valence-corrected chi connectivity index (χ1v) is 11.3. The van der Waals surface area contributed by atoms with Gasteiger partial charge in [-0.2, -0.15) is 4.31 Å². The van der Waals surface area contributed by atoms with Gasteiger partial charge in [0.1, 0.15) is 0 Å². The fourth-order valence-corrected chi connectivity index (χ4v) is 5.83. The number of benzene rings is 2. The SMILES string of the molecule is O=C(c1cccc2c1OCO2)N1CCCc2cc(S(=O)(=O)N3CCCC3)ccc21. The molecule has 3 aliphatic rings. The fraction of sp³-hybridized carbons (Fsp3) is 0.381. The molecule has 0 unspecified atom stereocenters. The quantitative estimate of drug-likeness (QED) is 0.772. The minimum atomic E-state index is -3.48. The summed E-state index contributed by atoms with van der Waals surface area (Å²) in [6.07, 6.45) is 3.33. The third kappa shape index (κ3) is 3.07. The molecule has 0 aromatic heterocycles. The van der Waals surface area contributed by atoms with E-state index in [2.05, 4.69) is 0 Å². The molecule has 2 aromatic carbocycles. The lowest BCUT2D eigenvalue weighted by Gasteiger charge is -2.30. The Morgan fingerprint density at radius 1 is 0.966 bits per heavy atom. The Balaban J connectivity index is 1.49. The van der Waals surface area contributed by atoms with E-state index in [1.54, 1.807) is 45.6 Å². The summed E-state index contributed by atoms with van der Waals surface area (Å²) in [5.74, 6) is 0.876. The van der Waals surface area contributed by atoms with Crippen LogP contribution in [0.5, 0.6) is 11.5 Å². The van der Waals surface area contributed by atoms with Crippen LogP contribution in [0.3, 0.4) is 0 Å². The summed E-state index contributed by atoms with van der Waals surface area (Å²) < 4.78 is 38.2. The Bertz CT molecular complexity index is 1080. The van der Waals surface area contributed by atoms with Crippen molar-refractivity contribution in [2.45, 2.75) is 30.6 Å². The smallest absolute Gasteiger partial charge is 0.262 e. The number of sulfonamides is 1. The summed E-state index contributed by atoms with van der Waals surface area (Å²) in [5, 5.41) is 0. The summed E-state index contributed by atoms with van der Waals surface area (Å²) in [5.41, 5.74) is 2.11. The second-order valence-electron chi connectivity index (χ2n) is 7.50. The minimum Gasteiger partial charge on any atom is -0.454 e. The van der Waals surface area contributed by atoms with E-state index in [4.69, 9.17) is 9.47 Å². The molecule has 152 valence electrons. The third-order valence-corrected chi connectivity index (χ3v) is 7.64. The summed E-state index contributed by atoms with van der Waals surface area (Å²) >= 11 is 0. The Kier molecular flexibility index (Phi) is 4.48. The van der Waals surface area contributed by atoms with Gasteiger partial charge in [-0.05, 0) is 61.6 Å². The second-order valence-corrected chi connectivity index (χ2v) is 9.44. The number of ether oxygens (including phenoxy) is 2. The Labute approximate surface area is 169 Å². The number of hydrogen-bond acceptors (Lipinski definition) is 5. The zero-order chi connectivity index (χ0) is 20.0. The van der Waals surface area contributed by atoms with Crippen LogP contribution in [-0.4, -0.2) is 45.1 Å². The summed E-state index contributed by atoms with van der Waals surface area (Å²) in [6.45, 7) is 1.83. The molecule has 0 aliphatic carbocycles. The molecule has 1 amide bonds. The van der Waals surface area contributed by atoms with Crippen LogP contribution in [0.4, 0.5) is 5.69 Å². The number of carbonyl (C=O) groups is 1. The van der Waals surface area contributed by atoms with Crippen LogP contribution in [0.15, 0.2) is 41.3 Å². The standard InChI is InChI=1S/C21H22N2O5S/c24-21(17-6-3-7-19-20(17)28-14-27-19)23-12-4-5-15-13-16(8-9-18(15)23)29(25,26)22-10-1-2-11-22/h3,6-9,13H,1-2,4-5,10-12,14H2. The first-order valence-electron chi connectivity index (χ1n) is 9.89. The number of aryl methyl sites for hydroxylation is 1. The average molecular weight is 414 g/mol. The van der Waals surface area contributed by atoms with Crippen LogP contribution in [0, 0.1) is 0 Å². The number of fused-ring (bicyclic) bond motifs is 2. The predicted octanol–water partition coefficient (Wildman–Crippen LogP) is 2.79. The summed E-state index contributed by atoms with van der Waals surface area (Å²) in [7, 11) is -3.48. The number of amides is 1. The normalized spacial score (nSPS) is 18.7. The Hall–Kier alpha value is -2.58. The van der Waals surface area contributed by atoms with E-state index in [1.165, 1.54) is 0 Å². The van der Waals surface area contributed by atoms with Crippen LogP contribution >= 0.6 is 0 Å². The van der Waals surface area contributed by atoms with Crippen molar-refractivity contribution in [1.29, 1.82) is 0 Å². The monoisotopic (exact) mass is 414 g/mol. The van der Waals surface area contributed by atoms with Crippen molar-refractivity contribution in [2.24, 2.45) is 0 Å². The maximum atomic E-state index is 13.3. The van der Waals surface area contributed by atoms with Gasteiger partial charge in [0.2, 0.25) is 16.8 Å². The lowest BCUT2D eigenvalue weighted by Crippen LogP contribution is -2.36. The molecule has 0 radical (unpaired) electrons. The molecule has 1 saturated heterocycles. The van der Waals surface area contributed by atoms with Crippen molar-refractivity contribution < 1.29 is 22.7 Å². The van der Waals surface area contributed by atoms with E-state index in [0.29, 0.717) is 41.6 Å². The van der Waals surface area contributed by atoms with Gasteiger partial charge >= 0.3 is 0 Å². The summed E-state index contributed by atoms with van der Waals surface area (Å²) in [4.78, 5) is 15.3. The number of para-hydroxylation sites is 1. The molecule has 5 rings (SSSR count). The highest BCUT2D eigenvalue weighted by molar-refractivity contribution is 7.89. The molecule has 2 aromatic rings. The minimum absolute atomic E-state index is 0.105. The van der Waals surface area contributed by atoms with Crippen LogP contribution in [0.1, 0.15) is 35.2 Å². The zero-order valence-corrected chi connectivity index (χ0v) is 16.8. The summed E-state index contributed by atoms with van der Waals surface area (Å²) in [6, 6.07) is 10.4. The molecular weight excluding hydrogens is 392 g/mol. The number of nitrogens with zero attached hydrogens (tertiary/aromatic N) is 2. The second kappa shape index (κ2) is 7.03. The van der Waals surface area contributed by atoms with E-state index in [0.717, 1.165) is 36.9 Å². The van der Waals surface area contributed by atoms with Gasteiger partial charge in [-0.15, -0.1) is 0 Å². The van der Waals surface area contributed by atoms with Crippen molar-refractivity contribution >= 4 is 21.6 Å². The molecule has 0 spiro atoms. The van der Waals surface area contributed by atoms with E-state index >= 15 is 0 Å². The molecule has 0 atom stereocenters. The van der Waals surface area contributed by atoms with E-state index in [9.17, 15) is 13.2 Å². The third-order valence-electron chi connectivity index (χ3n) is 5.74. The van der Waals surface area contributed by atoms with Gasteiger partial charge in [0.25, 0.3) is 5.91 Å². The highest BCUT2D eigenvalue weighted by Crippen LogP contribution is 2.38. The molecule has 0 bridgehead atoms. The van der Waals surface area contributed by atoms with Gasteiger partial charge in [-0.1, -0.05) is 6.07 Å². The van der Waals surface area contributed by atoms with Crippen LogP contribution < -0.4 is 14.4 Å². The zero-order valence-electron chi connectivity index (χ0n) is 16.0. The van der Waals surface area contributed by atoms with Crippen LogP contribution in [-0.2, 0) is 16.4 Å². The van der Waals surface area contributed by atoms with Gasteiger partial charge < -0.3 is 14.4 Å². The van der Waals surface area contributed by atoms with Crippen LogP contribution in [0.2, 0.25) is 0 Å². The maximum absolute atomic E-state index is 13.3. The molecule has 8 heteroatoms. The first kappa shape index (κ1) is 18.4. The molecule has 29 heavy (non-hydrogen) atoms. The number of anilines is 1. The van der Waals surface area contributed by atoms with Crippen molar-refractivity contribution in [2.75, 3.05) is 31.3 Å². The maximum Gasteiger partial charge on any atom is 0.262 e. The lowest BCUT2D eigenvalue weighted by molar-refractivity contribution is 0.0980. The lowest BCUT2D eigenvalue weighted by atomic mass is 10.0. The topological polar surface area (TPSA) is 76.1 Å². The van der Waals surface area contributed by atoms with Gasteiger partial charge in [-0.25, -0.2) is 8.42 Å². The van der Waals surface area contributed by atoms with Crippen molar-refractivity contribution in [3.63, 3.8) is 0 Å². The predicted molar refractivity (Wildman–Crippen MR) is 107 cm³/mol. The highest BCUT2D eigenvalue weighted by atomic mass is 32.2. The van der Waals surface area contributed by atoms with Crippen molar-refractivity contribution in [1.82, 2.24) is 4.31 Å². The Morgan fingerprint density at radius 2 is 1.79 bits per heavy atom. The van der Waals surface area contributed by atoms with Crippen LogP contribution in [0.25, 0.3) is 0 Å². The van der Waals surface area contributed by atoms with Gasteiger partial charge in [0.05, 0.1) is 10.5 Å². The first-order chi connectivity index (χ1) is 14.1. The number of carbonyl (C=O) groups excluding carboxylic acids is 1. The highest BCUT2D eigenvalue weighted by Gasteiger charge is 2.31. The molecule has 7 nitrogen and oxygen atoms in total. The Morgan fingerprint density at radius 3 is 2.62 bits per heavy atom. The van der Waals surface area contributed by atoms with Gasteiger partial charge in [-0.3, -0.25) is 4.79 Å². The fourth-order valence-electron chi connectivity index (χ4n) is 4.27. The van der Waals surface area contributed by atoms with E-state index in [-0.39, 0.29) is 12.7 Å². The van der Waals surface area contributed by atoms with Gasteiger partial charge in [0.15, 0.2) is 11.5 Å². The number of rotatable bonds is 3. The molecular formula is C21H22N2O5S. The van der Waals surface area contributed by atoms with Crippen molar-refractivity contribution in [3.8, 4) is 11.5 Å².